The summed E-state index contributed by atoms with van der Waals surface area (Å²) in [6, 6.07) is 9.80. The second-order valence-corrected chi connectivity index (χ2v) is 1.75. The molecule has 1 nitrogen and oxygen atoms in total. The third kappa shape index (κ3) is 2.58. The fraction of sp³-hybridized carbons (Fsp3) is 0.250. The van der Waals surface area contributed by atoms with Crippen molar-refractivity contribution in [3.05, 3.63) is 30.3 Å². The van der Waals surface area contributed by atoms with E-state index >= 15 is 0 Å². The summed E-state index contributed by atoms with van der Waals surface area (Å²) in [5.41, 5.74) is 0. The Hall–Kier alpha value is -0.915. The molecule has 0 bridgehead atoms. The average molecular weight is 133 g/mol. The van der Waals surface area contributed by atoms with E-state index in [4.69, 9.17) is 4.74 Å². The summed E-state index contributed by atoms with van der Waals surface area (Å²) in [6.45, 7) is 2.72. The Kier molecular flexibility index (Phi) is 4.47. The Morgan fingerprint density at radius 1 is 1.20 bits per heavy atom. The molecule has 1 rings (SSSR count). The van der Waals surface area contributed by atoms with Gasteiger partial charge in [0.1, 0.15) is 5.75 Å². The molecular formula is C8H10BO. The monoisotopic (exact) mass is 133 g/mol. The maximum Gasteiger partial charge on any atom is 0.119 e. The molecule has 10 heavy (non-hydrogen) atoms. The van der Waals surface area contributed by atoms with E-state index in [9.17, 15) is 0 Å². The Balaban J connectivity index is 0.000000810. The number of rotatable bonds is 2. The predicted molar refractivity (Wildman–Crippen MR) is 43.4 cm³/mol. The fourth-order valence-electron chi connectivity index (χ4n) is 0.683. The van der Waals surface area contributed by atoms with Gasteiger partial charge in [0.25, 0.3) is 0 Å². The summed E-state index contributed by atoms with van der Waals surface area (Å²) < 4.78 is 5.21. The van der Waals surface area contributed by atoms with Crippen LogP contribution in [-0.2, 0) is 0 Å². The molecule has 0 saturated heterocycles. The summed E-state index contributed by atoms with van der Waals surface area (Å²) in [7, 11) is 0. The normalized spacial score (nSPS) is 8.10. The maximum atomic E-state index is 5.21. The second kappa shape index (κ2) is 4.92. The molecule has 51 valence electrons. The lowest BCUT2D eigenvalue weighted by Crippen LogP contribution is -1.89. The molecule has 0 fully saturated rings. The quantitative estimate of drug-likeness (QED) is 0.558. The molecule has 1 aromatic carbocycles. The lowest BCUT2D eigenvalue weighted by molar-refractivity contribution is 0.340. The highest BCUT2D eigenvalue weighted by molar-refractivity contribution is 5.75. The van der Waals surface area contributed by atoms with E-state index in [2.05, 4.69) is 0 Å². The van der Waals surface area contributed by atoms with Crippen LogP contribution in [0.25, 0.3) is 0 Å². The fourth-order valence-corrected chi connectivity index (χ4v) is 0.683. The minimum atomic E-state index is 0. The van der Waals surface area contributed by atoms with Crippen LogP contribution in [0, 0.1) is 0 Å². The van der Waals surface area contributed by atoms with Gasteiger partial charge in [0.05, 0.1) is 6.61 Å². The third-order valence-electron chi connectivity index (χ3n) is 1.05. The van der Waals surface area contributed by atoms with E-state index in [1.54, 1.807) is 0 Å². The van der Waals surface area contributed by atoms with Crippen molar-refractivity contribution in [3.63, 3.8) is 0 Å². The Bertz CT molecular complexity index is 162. The zero-order valence-corrected chi connectivity index (χ0v) is 6.08. The second-order valence-electron chi connectivity index (χ2n) is 1.75. The van der Waals surface area contributed by atoms with Crippen LogP contribution in [-0.4, -0.2) is 15.0 Å². The summed E-state index contributed by atoms with van der Waals surface area (Å²) >= 11 is 0. The first-order valence-corrected chi connectivity index (χ1v) is 3.11. The van der Waals surface area contributed by atoms with Gasteiger partial charge in [-0.15, -0.1) is 0 Å². The van der Waals surface area contributed by atoms with Crippen LogP contribution in [0.2, 0.25) is 0 Å². The van der Waals surface area contributed by atoms with Crippen molar-refractivity contribution < 1.29 is 4.74 Å². The molecule has 0 aliphatic heterocycles. The van der Waals surface area contributed by atoms with Gasteiger partial charge in [0.15, 0.2) is 0 Å². The average Bonchev–Trinajstić information content (AvgIpc) is 1.91. The van der Waals surface area contributed by atoms with Crippen molar-refractivity contribution in [1.82, 2.24) is 0 Å². The van der Waals surface area contributed by atoms with Crippen LogP contribution in [0.3, 0.4) is 0 Å². The number of ether oxygens (including phenoxy) is 1. The maximum absolute atomic E-state index is 5.21. The van der Waals surface area contributed by atoms with Gasteiger partial charge in [-0.25, -0.2) is 0 Å². The minimum absolute atomic E-state index is 0. The predicted octanol–water partition coefficient (Wildman–Crippen LogP) is 1.70. The van der Waals surface area contributed by atoms with Crippen LogP contribution < -0.4 is 4.74 Å². The molecular weight excluding hydrogens is 123 g/mol. The smallest absolute Gasteiger partial charge is 0.119 e. The van der Waals surface area contributed by atoms with Crippen molar-refractivity contribution >= 4 is 8.41 Å². The van der Waals surface area contributed by atoms with Gasteiger partial charge < -0.3 is 4.74 Å². The number of para-hydroxylation sites is 1. The van der Waals surface area contributed by atoms with Gasteiger partial charge in [-0.3, -0.25) is 0 Å². The van der Waals surface area contributed by atoms with Gasteiger partial charge in [-0.1, -0.05) is 18.2 Å². The molecule has 0 spiro atoms. The molecule has 3 radical (unpaired) electrons. The van der Waals surface area contributed by atoms with E-state index in [1.165, 1.54) is 0 Å². The van der Waals surface area contributed by atoms with Gasteiger partial charge in [-0.2, -0.15) is 0 Å². The van der Waals surface area contributed by atoms with Crippen molar-refractivity contribution in [3.8, 4) is 5.75 Å². The Labute approximate surface area is 63.6 Å². The van der Waals surface area contributed by atoms with E-state index in [0.717, 1.165) is 12.4 Å². The van der Waals surface area contributed by atoms with Crippen molar-refractivity contribution in [2.75, 3.05) is 6.61 Å². The molecule has 0 aromatic heterocycles. The minimum Gasteiger partial charge on any atom is -0.494 e. The summed E-state index contributed by atoms with van der Waals surface area (Å²) in [4.78, 5) is 0. The number of hydrogen-bond donors (Lipinski definition) is 0. The standard InChI is InChI=1S/C8H10O.B/c1-2-9-8-6-4-3-5-7-8;/h3-7H,2H2,1H3;. The summed E-state index contributed by atoms with van der Waals surface area (Å²) in [5, 5.41) is 0. The van der Waals surface area contributed by atoms with Crippen LogP contribution >= 0.6 is 0 Å². The molecule has 1 aromatic rings. The van der Waals surface area contributed by atoms with Crippen LogP contribution in [0.4, 0.5) is 0 Å². The van der Waals surface area contributed by atoms with Gasteiger partial charge in [0.2, 0.25) is 0 Å². The highest BCUT2D eigenvalue weighted by atomic mass is 16.5. The molecule has 0 aliphatic carbocycles. The van der Waals surface area contributed by atoms with Crippen LogP contribution in [0.5, 0.6) is 5.75 Å². The van der Waals surface area contributed by atoms with Gasteiger partial charge in [0, 0.05) is 8.41 Å². The SMILES string of the molecule is CCOc1ccccc1.[B]. The van der Waals surface area contributed by atoms with E-state index in [-0.39, 0.29) is 8.41 Å². The lowest BCUT2D eigenvalue weighted by Gasteiger charge is -1.99. The molecule has 0 N–H and O–H groups in total. The van der Waals surface area contributed by atoms with Crippen molar-refractivity contribution in [1.29, 1.82) is 0 Å². The first kappa shape index (κ1) is 9.08. The van der Waals surface area contributed by atoms with Crippen molar-refractivity contribution in [2.24, 2.45) is 0 Å². The number of benzene rings is 1. The molecule has 2 heteroatoms. The van der Waals surface area contributed by atoms with E-state index in [1.807, 2.05) is 37.3 Å². The highest BCUT2D eigenvalue weighted by Crippen LogP contribution is 2.06. The molecule has 0 heterocycles. The topological polar surface area (TPSA) is 9.23 Å². The molecule has 0 amide bonds. The molecule has 0 atom stereocenters. The molecule has 0 aliphatic rings. The van der Waals surface area contributed by atoms with Crippen molar-refractivity contribution in [2.45, 2.75) is 6.92 Å². The van der Waals surface area contributed by atoms with Crippen LogP contribution in [0.1, 0.15) is 6.92 Å². The highest BCUT2D eigenvalue weighted by Gasteiger charge is 1.83. The third-order valence-corrected chi connectivity index (χ3v) is 1.05. The van der Waals surface area contributed by atoms with Gasteiger partial charge in [-0.05, 0) is 19.1 Å². The first-order chi connectivity index (χ1) is 4.43. The van der Waals surface area contributed by atoms with Crippen LogP contribution in [0.15, 0.2) is 30.3 Å². The Morgan fingerprint density at radius 2 is 1.80 bits per heavy atom. The van der Waals surface area contributed by atoms with E-state index < -0.39 is 0 Å². The van der Waals surface area contributed by atoms with E-state index in [0.29, 0.717) is 0 Å². The zero-order chi connectivity index (χ0) is 6.53. The lowest BCUT2D eigenvalue weighted by atomic mass is 10.3. The number of hydrogen-bond acceptors (Lipinski definition) is 1. The Morgan fingerprint density at radius 3 is 2.30 bits per heavy atom. The summed E-state index contributed by atoms with van der Waals surface area (Å²) in [5.74, 6) is 0.944. The largest absolute Gasteiger partial charge is 0.494 e. The zero-order valence-electron chi connectivity index (χ0n) is 6.08. The first-order valence-electron chi connectivity index (χ1n) is 3.11. The molecule has 0 unspecified atom stereocenters. The summed E-state index contributed by atoms with van der Waals surface area (Å²) in [6.07, 6.45) is 0. The molecule has 0 saturated carbocycles. The van der Waals surface area contributed by atoms with Gasteiger partial charge >= 0.3 is 0 Å².